The van der Waals surface area contributed by atoms with E-state index in [4.69, 9.17) is 17.3 Å². The third kappa shape index (κ3) is 3.27. The smallest absolute Gasteiger partial charge is 0.0586 e. The molecule has 13 heavy (non-hydrogen) atoms. The Hall–Kier alpha value is -0.690. The van der Waals surface area contributed by atoms with Crippen molar-refractivity contribution >= 4 is 17.3 Å². The Kier molecular flexibility index (Phi) is 4.10. The van der Waals surface area contributed by atoms with E-state index in [9.17, 15) is 0 Å². The fraction of sp³-hybridized carbons (Fsp3) is 0.455. The summed E-state index contributed by atoms with van der Waals surface area (Å²) < 4.78 is 0. The number of anilines is 1. The number of nitrogens with two attached hydrogens (primary N) is 1. The van der Waals surface area contributed by atoms with Crippen LogP contribution in [0.5, 0.6) is 0 Å². The van der Waals surface area contributed by atoms with Gasteiger partial charge in [0.1, 0.15) is 0 Å². The highest BCUT2D eigenvalue weighted by Gasteiger charge is 2.06. The van der Waals surface area contributed by atoms with Gasteiger partial charge in [-0.1, -0.05) is 31.9 Å². The number of halogens is 1. The SMILES string of the molecule is CCCCC(Cl)c1cccc(N)c1. The van der Waals surface area contributed by atoms with E-state index in [0.29, 0.717) is 0 Å². The van der Waals surface area contributed by atoms with Crippen molar-refractivity contribution in [2.24, 2.45) is 0 Å². The molecule has 0 aliphatic rings. The van der Waals surface area contributed by atoms with Gasteiger partial charge in [0.05, 0.1) is 5.38 Å². The van der Waals surface area contributed by atoms with Crippen molar-refractivity contribution in [1.29, 1.82) is 0 Å². The van der Waals surface area contributed by atoms with Gasteiger partial charge < -0.3 is 5.73 Å². The third-order valence-electron chi connectivity index (χ3n) is 2.08. The van der Waals surface area contributed by atoms with Crippen LogP contribution in [0.25, 0.3) is 0 Å². The normalized spacial score (nSPS) is 12.8. The summed E-state index contributed by atoms with van der Waals surface area (Å²) in [4.78, 5) is 0. The van der Waals surface area contributed by atoms with Gasteiger partial charge in [-0.25, -0.2) is 0 Å². The molecule has 0 saturated carbocycles. The highest BCUT2D eigenvalue weighted by Crippen LogP contribution is 2.27. The summed E-state index contributed by atoms with van der Waals surface area (Å²) >= 11 is 6.20. The quantitative estimate of drug-likeness (QED) is 0.578. The van der Waals surface area contributed by atoms with Gasteiger partial charge in [-0.05, 0) is 24.1 Å². The molecule has 1 aromatic rings. The number of hydrogen-bond acceptors (Lipinski definition) is 1. The molecule has 1 rings (SSSR count). The lowest BCUT2D eigenvalue weighted by atomic mass is 10.1. The maximum Gasteiger partial charge on any atom is 0.0586 e. The molecule has 0 saturated heterocycles. The van der Waals surface area contributed by atoms with Crippen LogP contribution in [0.1, 0.15) is 37.1 Å². The first kappa shape index (κ1) is 10.4. The molecule has 1 aromatic carbocycles. The molecule has 0 bridgehead atoms. The Morgan fingerprint density at radius 1 is 1.46 bits per heavy atom. The monoisotopic (exact) mass is 197 g/mol. The Morgan fingerprint density at radius 2 is 2.23 bits per heavy atom. The number of hydrogen-bond donors (Lipinski definition) is 1. The van der Waals surface area contributed by atoms with Crippen LogP contribution in [0.15, 0.2) is 24.3 Å². The number of rotatable bonds is 4. The van der Waals surface area contributed by atoms with Crippen LogP contribution in [0, 0.1) is 0 Å². The van der Waals surface area contributed by atoms with E-state index in [2.05, 4.69) is 6.92 Å². The lowest BCUT2D eigenvalue weighted by Crippen LogP contribution is -1.92. The number of benzene rings is 1. The molecule has 0 amide bonds. The minimum absolute atomic E-state index is 0.114. The number of alkyl halides is 1. The van der Waals surface area contributed by atoms with E-state index in [1.165, 1.54) is 12.8 Å². The summed E-state index contributed by atoms with van der Waals surface area (Å²) in [6, 6.07) is 7.82. The zero-order valence-corrected chi connectivity index (χ0v) is 8.72. The first-order valence-electron chi connectivity index (χ1n) is 4.73. The molecular formula is C11H16ClN. The van der Waals surface area contributed by atoms with E-state index in [-0.39, 0.29) is 5.38 Å². The number of nitrogen functional groups attached to an aromatic ring is 1. The zero-order chi connectivity index (χ0) is 9.68. The molecule has 1 nitrogen and oxygen atoms in total. The molecule has 0 aliphatic heterocycles. The first-order valence-corrected chi connectivity index (χ1v) is 5.17. The fourth-order valence-corrected chi connectivity index (χ4v) is 1.59. The third-order valence-corrected chi connectivity index (χ3v) is 2.55. The molecule has 1 unspecified atom stereocenters. The van der Waals surface area contributed by atoms with Gasteiger partial charge >= 0.3 is 0 Å². The van der Waals surface area contributed by atoms with Gasteiger partial charge in [-0.3, -0.25) is 0 Å². The summed E-state index contributed by atoms with van der Waals surface area (Å²) in [6.07, 6.45) is 3.38. The van der Waals surface area contributed by atoms with Crippen molar-refractivity contribution in [1.82, 2.24) is 0 Å². The van der Waals surface area contributed by atoms with E-state index in [0.717, 1.165) is 17.7 Å². The highest BCUT2D eigenvalue weighted by atomic mass is 35.5. The predicted molar refractivity (Wildman–Crippen MR) is 59.0 cm³/mol. The summed E-state index contributed by atoms with van der Waals surface area (Å²) in [6.45, 7) is 2.17. The minimum atomic E-state index is 0.114. The molecule has 0 heterocycles. The Bertz CT molecular complexity index is 260. The summed E-state index contributed by atoms with van der Waals surface area (Å²) in [5.41, 5.74) is 7.59. The Labute approximate surface area is 84.9 Å². The minimum Gasteiger partial charge on any atom is -0.399 e. The van der Waals surface area contributed by atoms with E-state index < -0.39 is 0 Å². The van der Waals surface area contributed by atoms with Gasteiger partial charge in [-0.15, -0.1) is 11.6 Å². The predicted octanol–water partition coefficient (Wildman–Crippen LogP) is 3.74. The molecule has 0 aromatic heterocycles. The topological polar surface area (TPSA) is 26.0 Å². The van der Waals surface area contributed by atoms with Crippen LogP contribution >= 0.6 is 11.6 Å². The van der Waals surface area contributed by atoms with Crippen LogP contribution in [0.2, 0.25) is 0 Å². The maximum absolute atomic E-state index is 6.20. The second kappa shape index (κ2) is 5.13. The molecule has 2 heteroatoms. The highest BCUT2D eigenvalue weighted by molar-refractivity contribution is 6.20. The largest absolute Gasteiger partial charge is 0.399 e. The van der Waals surface area contributed by atoms with Gasteiger partial charge in [0.15, 0.2) is 0 Å². The second-order valence-corrected chi connectivity index (χ2v) is 3.81. The Balaban J connectivity index is 2.60. The molecule has 0 radical (unpaired) electrons. The van der Waals surface area contributed by atoms with Crippen LogP contribution in [-0.2, 0) is 0 Å². The zero-order valence-electron chi connectivity index (χ0n) is 7.96. The lowest BCUT2D eigenvalue weighted by molar-refractivity contribution is 0.701. The van der Waals surface area contributed by atoms with E-state index >= 15 is 0 Å². The maximum atomic E-state index is 6.20. The van der Waals surface area contributed by atoms with Crippen LogP contribution in [-0.4, -0.2) is 0 Å². The molecule has 1 atom stereocenters. The standard InChI is InChI=1S/C11H16ClN/c1-2-3-7-11(12)9-5-4-6-10(13)8-9/h4-6,8,11H,2-3,7,13H2,1H3. The average molecular weight is 198 g/mol. The molecule has 2 N–H and O–H groups in total. The summed E-state index contributed by atoms with van der Waals surface area (Å²) in [7, 11) is 0. The molecule has 72 valence electrons. The van der Waals surface area contributed by atoms with Crippen molar-refractivity contribution in [2.45, 2.75) is 31.6 Å². The van der Waals surface area contributed by atoms with Crippen LogP contribution in [0.4, 0.5) is 5.69 Å². The van der Waals surface area contributed by atoms with Gasteiger partial charge in [0.25, 0.3) is 0 Å². The molecule has 0 spiro atoms. The summed E-state index contributed by atoms with van der Waals surface area (Å²) in [5.74, 6) is 0. The van der Waals surface area contributed by atoms with Crippen molar-refractivity contribution < 1.29 is 0 Å². The van der Waals surface area contributed by atoms with E-state index in [1.54, 1.807) is 0 Å². The van der Waals surface area contributed by atoms with Gasteiger partial charge in [0.2, 0.25) is 0 Å². The van der Waals surface area contributed by atoms with Crippen molar-refractivity contribution in [2.75, 3.05) is 5.73 Å². The Morgan fingerprint density at radius 3 is 2.85 bits per heavy atom. The van der Waals surface area contributed by atoms with Crippen LogP contribution in [0.3, 0.4) is 0 Å². The van der Waals surface area contributed by atoms with Gasteiger partial charge in [0, 0.05) is 5.69 Å². The summed E-state index contributed by atoms with van der Waals surface area (Å²) in [5, 5.41) is 0.114. The number of unbranched alkanes of at least 4 members (excludes halogenated alkanes) is 1. The second-order valence-electron chi connectivity index (χ2n) is 3.28. The molecule has 0 fully saturated rings. The molecular weight excluding hydrogens is 182 g/mol. The van der Waals surface area contributed by atoms with Crippen molar-refractivity contribution in [3.05, 3.63) is 29.8 Å². The van der Waals surface area contributed by atoms with E-state index in [1.807, 2.05) is 24.3 Å². The lowest BCUT2D eigenvalue weighted by Gasteiger charge is -2.09. The van der Waals surface area contributed by atoms with Crippen LogP contribution < -0.4 is 5.73 Å². The fourth-order valence-electron chi connectivity index (χ4n) is 1.30. The first-order chi connectivity index (χ1) is 6.24. The average Bonchev–Trinajstić information content (AvgIpc) is 2.14. The van der Waals surface area contributed by atoms with Crippen molar-refractivity contribution in [3.63, 3.8) is 0 Å². The molecule has 0 aliphatic carbocycles. The van der Waals surface area contributed by atoms with Crippen molar-refractivity contribution in [3.8, 4) is 0 Å². The van der Waals surface area contributed by atoms with Gasteiger partial charge in [-0.2, -0.15) is 0 Å².